The van der Waals surface area contributed by atoms with Crippen LogP contribution in [0.1, 0.15) is 25.3 Å². The fourth-order valence-electron chi connectivity index (χ4n) is 4.86. The minimum Gasteiger partial charge on any atom is -0.493 e. The molecule has 1 aromatic heterocycles. The highest BCUT2D eigenvalue weighted by atomic mass is 16.7. The molecule has 0 fully saturated rings. The summed E-state index contributed by atoms with van der Waals surface area (Å²) in [7, 11) is 1.70. The van der Waals surface area contributed by atoms with Crippen LogP contribution in [-0.4, -0.2) is 20.5 Å². The Bertz CT molecular complexity index is 1330. The van der Waals surface area contributed by atoms with Crippen molar-refractivity contribution in [1.29, 1.82) is 0 Å². The molecule has 0 unspecified atom stereocenters. The molecule has 30 heavy (non-hydrogen) atoms. The predicted molar refractivity (Wildman–Crippen MR) is 116 cm³/mol. The van der Waals surface area contributed by atoms with E-state index in [-0.39, 0.29) is 0 Å². The van der Waals surface area contributed by atoms with Crippen LogP contribution in [0.3, 0.4) is 0 Å². The Hall–Kier alpha value is -3.21. The zero-order valence-corrected chi connectivity index (χ0v) is 17.3. The number of hydrogen-bond acceptors (Lipinski definition) is 4. The molecule has 4 aromatic rings. The molecule has 2 aliphatic heterocycles. The Labute approximate surface area is 174 Å². The number of fused-ring (bicyclic) bond motifs is 4. The number of pyridine rings is 1. The SMILES string of the molecule is CCCCOc1c(OC)ccc2c1c[n+]1c3c2ccc2c4c(cc(c23)CC1)OCO4. The Kier molecular flexibility index (Phi) is 3.91. The van der Waals surface area contributed by atoms with Gasteiger partial charge in [-0.05, 0) is 42.3 Å². The molecule has 152 valence electrons. The van der Waals surface area contributed by atoms with E-state index < -0.39 is 0 Å². The second-order valence-electron chi connectivity index (χ2n) is 7.99. The summed E-state index contributed by atoms with van der Waals surface area (Å²) < 4.78 is 25.7. The Morgan fingerprint density at radius 3 is 2.77 bits per heavy atom. The highest BCUT2D eigenvalue weighted by Crippen LogP contribution is 2.46. The quantitative estimate of drug-likeness (QED) is 0.270. The molecule has 0 amide bonds. The van der Waals surface area contributed by atoms with E-state index in [9.17, 15) is 0 Å². The molecule has 0 saturated heterocycles. The van der Waals surface area contributed by atoms with E-state index in [1.54, 1.807) is 7.11 Å². The monoisotopic (exact) mass is 402 g/mol. The van der Waals surface area contributed by atoms with Gasteiger partial charge in [0.1, 0.15) is 0 Å². The van der Waals surface area contributed by atoms with E-state index in [1.807, 2.05) is 6.07 Å². The van der Waals surface area contributed by atoms with Crippen molar-refractivity contribution in [3.05, 3.63) is 42.1 Å². The molecular weight excluding hydrogens is 378 g/mol. The van der Waals surface area contributed by atoms with Gasteiger partial charge in [-0.1, -0.05) is 13.3 Å². The fourth-order valence-corrected chi connectivity index (χ4v) is 4.86. The van der Waals surface area contributed by atoms with Gasteiger partial charge in [0.25, 0.3) is 0 Å². The summed E-state index contributed by atoms with van der Waals surface area (Å²) >= 11 is 0. The van der Waals surface area contributed by atoms with Crippen molar-refractivity contribution in [2.24, 2.45) is 0 Å². The zero-order valence-electron chi connectivity index (χ0n) is 17.3. The average Bonchev–Trinajstić information content (AvgIpc) is 3.25. The van der Waals surface area contributed by atoms with Crippen LogP contribution in [0, 0.1) is 0 Å². The van der Waals surface area contributed by atoms with Crippen molar-refractivity contribution >= 4 is 32.4 Å². The predicted octanol–water partition coefficient (Wildman–Crippen LogP) is 4.91. The summed E-state index contributed by atoms with van der Waals surface area (Å²) in [4.78, 5) is 0. The maximum absolute atomic E-state index is 6.22. The summed E-state index contributed by atoms with van der Waals surface area (Å²) in [5, 5.41) is 5.91. The minimum absolute atomic E-state index is 0.294. The lowest BCUT2D eigenvalue weighted by Crippen LogP contribution is -2.38. The van der Waals surface area contributed by atoms with Crippen molar-refractivity contribution in [3.8, 4) is 23.0 Å². The maximum atomic E-state index is 6.22. The van der Waals surface area contributed by atoms with Crippen molar-refractivity contribution in [3.63, 3.8) is 0 Å². The van der Waals surface area contributed by atoms with Crippen molar-refractivity contribution in [2.75, 3.05) is 20.5 Å². The number of ether oxygens (including phenoxy) is 4. The summed E-state index contributed by atoms with van der Waals surface area (Å²) in [6.45, 7) is 4.08. The van der Waals surface area contributed by atoms with Gasteiger partial charge in [-0.25, -0.2) is 0 Å². The van der Waals surface area contributed by atoms with Crippen LogP contribution in [0.25, 0.3) is 32.4 Å². The van der Waals surface area contributed by atoms with Gasteiger partial charge >= 0.3 is 0 Å². The molecule has 2 aliphatic rings. The third-order valence-corrected chi connectivity index (χ3v) is 6.30. The molecule has 0 radical (unpaired) electrons. The first-order chi connectivity index (χ1) is 14.8. The highest BCUT2D eigenvalue weighted by Gasteiger charge is 2.29. The number of aromatic nitrogens is 1. The summed E-state index contributed by atoms with van der Waals surface area (Å²) in [5.74, 6) is 3.35. The molecule has 0 bridgehead atoms. The topological polar surface area (TPSA) is 40.8 Å². The van der Waals surface area contributed by atoms with E-state index in [2.05, 4.69) is 42.0 Å². The van der Waals surface area contributed by atoms with Crippen LogP contribution >= 0.6 is 0 Å². The van der Waals surface area contributed by atoms with Crippen LogP contribution in [-0.2, 0) is 13.0 Å². The lowest BCUT2D eigenvalue weighted by molar-refractivity contribution is -0.670. The van der Waals surface area contributed by atoms with Gasteiger partial charge in [0.2, 0.25) is 12.3 Å². The van der Waals surface area contributed by atoms with E-state index >= 15 is 0 Å². The first kappa shape index (κ1) is 17.6. The van der Waals surface area contributed by atoms with Crippen LogP contribution in [0.2, 0.25) is 0 Å². The van der Waals surface area contributed by atoms with Crippen molar-refractivity contribution < 1.29 is 23.5 Å². The molecule has 3 heterocycles. The number of nitrogens with zero attached hydrogens (tertiary/aromatic N) is 1. The first-order valence-electron chi connectivity index (χ1n) is 10.6. The van der Waals surface area contributed by atoms with E-state index in [0.29, 0.717) is 13.4 Å². The molecular formula is C25H24NO4+. The van der Waals surface area contributed by atoms with Gasteiger partial charge in [0.05, 0.1) is 29.9 Å². The highest BCUT2D eigenvalue weighted by molar-refractivity contribution is 6.17. The molecule has 0 saturated carbocycles. The normalized spacial score (nSPS) is 14.2. The molecule has 0 aliphatic carbocycles. The number of methoxy groups -OCH3 is 1. The molecule has 0 N–H and O–H groups in total. The Morgan fingerprint density at radius 1 is 1.03 bits per heavy atom. The third kappa shape index (κ3) is 2.38. The van der Waals surface area contributed by atoms with Crippen molar-refractivity contribution in [2.45, 2.75) is 32.7 Å². The Morgan fingerprint density at radius 2 is 1.90 bits per heavy atom. The smallest absolute Gasteiger partial charge is 0.231 e. The van der Waals surface area contributed by atoms with E-state index in [4.69, 9.17) is 18.9 Å². The first-order valence-corrected chi connectivity index (χ1v) is 10.6. The van der Waals surface area contributed by atoms with E-state index in [0.717, 1.165) is 59.6 Å². The molecule has 6 rings (SSSR count). The standard InChI is InChI=1S/C25H24NO4/c1-3-4-11-28-25-19-13-26-10-9-15-12-21-24(30-14-29-21)18-6-5-17(23(26)22(15)18)16(19)7-8-20(25)27-2/h5-8,12-13H,3-4,9-11,14H2,1-2H3/q+1. The number of aryl methyl sites for hydroxylation is 2. The summed E-state index contributed by atoms with van der Waals surface area (Å²) in [5.41, 5.74) is 2.58. The van der Waals surface area contributed by atoms with Crippen LogP contribution < -0.4 is 23.5 Å². The van der Waals surface area contributed by atoms with Gasteiger partial charge in [-0.3, -0.25) is 0 Å². The molecule has 3 aromatic carbocycles. The number of unbranched alkanes of at least 4 members (excludes halogenated alkanes) is 1. The fraction of sp³-hybridized carbons (Fsp3) is 0.320. The summed E-state index contributed by atoms with van der Waals surface area (Å²) in [6.07, 6.45) is 5.31. The lowest BCUT2D eigenvalue weighted by Gasteiger charge is -2.18. The van der Waals surface area contributed by atoms with E-state index in [1.165, 1.54) is 27.2 Å². The van der Waals surface area contributed by atoms with Crippen LogP contribution in [0.4, 0.5) is 0 Å². The number of benzene rings is 3. The summed E-state index contributed by atoms with van der Waals surface area (Å²) in [6, 6.07) is 10.7. The average molecular weight is 402 g/mol. The second-order valence-corrected chi connectivity index (χ2v) is 7.99. The molecule has 0 atom stereocenters. The third-order valence-electron chi connectivity index (χ3n) is 6.30. The molecule has 5 heteroatoms. The number of hydrogen-bond donors (Lipinski definition) is 0. The number of rotatable bonds is 5. The minimum atomic E-state index is 0.294. The van der Waals surface area contributed by atoms with Gasteiger partial charge in [-0.15, -0.1) is 0 Å². The molecule has 0 spiro atoms. The Balaban J connectivity index is 1.68. The van der Waals surface area contributed by atoms with Gasteiger partial charge in [-0.2, -0.15) is 4.57 Å². The van der Waals surface area contributed by atoms with Crippen molar-refractivity contribution in [1.82, 2.24) is 0 Å². The maximum Gasteiger partial charge on any atom is 0.231 e. The zero-order chi connectivity index (χ0) is 20.2. The largest absolute Gasteiger partial charge is 0.493 e. The lowest BCUT2D eigenvalue weighted by atomic mass is 9.93. The van der Waals surface area contributed by atoms with Gasteiger partial charge in [0.15, 0.2) is 35.7 Å². The van der Waals surface area contributed by atoms with Crippen LogP contribution in [0.5, 0.6) is 23.0 Å². The van der Waals surface area contributed by atoms with Gasteiger partial charge in [0, 0.05) is 17.2 Å². The van der Waals surface area contributed by atoms with Crippen LogP contribution in [0.15, 0.2) is 36.5 Å². The molecule has 5 nitrogen and oxygen atoms in total. The van der Waals surface area contributed by atoms with Gasteiger partial charge < -0.3 is 18.9 Å². The second kappa shape index (κ2) is 6.66.